The summed E-state index contributed by atoms with van der Waals surface area (Å²) in [5.74, 6) is 1.75. The van der Waals surface area contributed by atoms with E-state index in [4.69, 9.17) is 21.9 Å². The standard InChI is InChI=1S/C14H17ClN2O/c1-3-9(2)8-12-13(14(16)17-18-12)10-6-4-5-7-11(10)15/h4-7,9H,3,8H2,1-2H3,(H2,16,17). The molecule has 0 aliphatic carbocycles. The van der Waals surface area contributed by atoms with Gasteiger partial charge in [0.2, 0.25) is 0 Å². The molecule has 0 aliphatic rings. The van der Waals surface area contributed by atoms with Gasteiger partial charge in [-0.2, -0.15) is 0 Å². The van der Waals surface area contributed by atoms with E-state index >= 15 is 0 Å². The zero-order valence-electron chi connectivity index (χ0n) is 10.6. The van der Waals surface area contributed by atoms with Crippen LogP contribution in [-0.2, 0) is 6.42 Å². The molecule has 2 N–H and O–H groups in total. The number of hydrogen-bond acceptors (Lipinski definition) is 3. The highest BCUT2D eigenvalue weighted by atomic mass is 35.5. The molecule has 0 saturated carbocycles. The predicted octanol–water partition coefficient (Wildman–Crippen LogP) is 4.17. The van der Waals surface area contributed by atoms with Gasteiger partial charge in [0, 0.05) is 17.0 Å². The minimum absolute atomic E-state index is 0.404. The molecule has 1 aromatic carbocycles. The van der Waals surface area contributed by atoms with Gasteiger partial charge >= 0.3 is 0 Å². The van der Waals surface area contributed by atoms with Crippen LogP contribution >= 0.6 is 11.6 Å². The molecule has 2 rings (SSSR count). The largest absolute Gasteiger partial charge is 0.380 e. The van der Waals surface area contributed by atoms with Crippen LogP contribution in [0.15, 0.2) is 28.8 Å². The number of rotatable bonds is 4. The van der Waals surface area contributed by atoms with Crippen molar-refractivity contribution in [2.75, 3.05) is 5.73 Å². The fourth-order valence-electron chi connectivity index (χ4n) is 1.89. The maximum Gasteiger partial charge on any atom is 0.175 e. The van der Waals surface area contributed by atoms with E-state index in [0.717, 1.165) is 29.7 Å². The fraction of sp³-hybridized carbons (Fsp3) is 0.357. The molecule has 0 spiro atoms. The second kappa shape index (κ2) is 5.44. The number of nitrogens with zero attached hydrogens (tertiary/aromatic N) is 1. The lowest BCUT2D eigenvalue weighted by Crippen LogP contribution is -1.99. The molecular formula is C14H17ClN2O. The van der Waals surface area contributed by atoms with E-state index in [9.17, 15) is 0 Å². The van der Waals surface area contributed by atoms with Crippen molar-refractivity contribution in [1.82, 2.24) is 5.16 Å². The Balaban J connectivity index is 2.44. The van der Waals surface area contributed by atoms with Crippen molar-refractivity contribution in [2.24, 2.45) is 5.92 Å². The first-order valence-electron chi connectivity index (χ1n) is 6.12. The van der Waals surface area contributed by atoms with Gasteiger partial charge in [0.1, 0.15) is 5.76 Å². The van der Waals surface area contributed by atoms with E-state index in [0.29, 0.717) is 16.8 Å². The summed E-state index contributed by atoms with van der Waals surface area (Å²) in [7, 11) is 0. The molecule has 0 bridgehead atoms. The highest BCUT2D eigenvalue weighted by molar-refractivity contribution is 6.33. The van der Waals surface area contributed by atoms with Crippen LogP contribution < -0.4 is 5.73 Å². The molecule has 3 nitrogen and oxygen atoms in total. The van der Waals surface area contributed by atoms with Gasteiger partial charge in [0.15, 0.2) is 5.82 Å². The van der Waals surface area contributed by atoms with Crippen molar-refractivity contribution in [3.8, 4) is 11.1 Å². The molecule has 0 fully saturated rings. The Labute approximate surface area is 112 Å². The smallest absolute Gasteiger partial charge is 0.175 e. The Kier molecular flexibility index (Phi) is 3.92. The Bertz CT molecular complexity index is 536. The zero-order chi connectivity index (χ0) is 13.1. The summed E-state index contributed by atoms with van der Waals surface area (Å²) in [6, 6.07) is 7.60. The van der Waals surface area contributed by atoms with E-state index in [1.165, 1.54) is 0 Å². The summed E-state index contributed by atoms with van der Waals surface area (Å²) < 4.78 is 5.34. The normalized spacial score (nSPS) is 12.6. The second-order valence-corrected chi connectivity index (χ2v) is 4.97. The number of nitrogen functional groups attached to an aromatic ring is 1. The Hall–Kier alpha value is -1.48. The Morgan fingerprint density at radius 3 is 2.78 bits per heavy atom. The van der Waals surface area contributed by atoms with Crippen LogP contribution in [0.1, 0.15) is 26.0 Å². The minimum Gasteiger partial charge on any atom is -0.380 e. The van der Waals surface area contributed by atoms with Crippen molar-refractivity contribution in [3.63, 3.8) is 0 Å². The summed E-state index contributed by atoms with van der Waals surface area (Å²) in [5, 5.41) is 4.53. The first-order valence-corrected chi connectivity index (χ1v) is 6.50. The molecule has 0 aliphatic heterocycles. The molecule has 2 aromatic rings. The second-order valence-electron chi connectivity index (χ2n) is 4.56. The summed E-state index contributed by atoms with van der Waals surface area (Å²) >= 11 is 6.21. The number of nitrogens with two attached hydrogens (primary N) is 1. The zero-order valence-corrected chi connectivity index (χ0v) is 11.4. The Morgan fingerprint density at radius 1 is 1.39 bits per heavy atom. The minimum atomic E-state index is 0.404. The molecule has 4 heteroatoms. The van der Waals surface area contributed by atoms with Crippen LogP contribution in [0.25, 0.3) is 11.1 Å². The average molecular weight is 265 g/mol. The highest BCUT2D eigenvalue weighted by Gasteiger charge is 2.19. The molecule has 18 heavy (non-hydrogen) atoms. The van der Waals surface area contributed by atoms with Crippen LogP contribution in [0.3, 0.4) is 0 Å². The number of benzene rings is 1. The average Bonchev–Trinajstić information content (AvgIpc) is 2.71. The molecule has 1 atom stereocenters. The van der Waals surface area contributed by atoms with Crippen LogP contribution in [0.4, 0.5) is 5.82 Å². The lowest BCUT2D eigenvalue weighted by molar-refractivity contribution is 0.364. The van der Waals surface area contributed by atoms with Crippen LogP contribution in [0.5, 0.6) is 0 Å². The lowest BCUT2D eigenvalue weighted by Gasteiger charge is -2.08. The number of hydrogen-bond donors (Lipinski definition) is 1. The van der Waals surface area contributed by atoms with E-state index < -0.39 is 0 Å². The topological polar surface area (TPSA) is 52.0 Å². The SMILES string of the molecule is CCC(C)Cc1onc(N)c1-c1ccccc1Cl. The van der Waals surface area contributed by atoms with E-state index in [-0.39, 0.29) is 0 Å². The van der Waals surface area contributed by atoms with Crippen molar-refractivity contribution < 1.29 is 4.52 Å². The maximum absolute atomic E-state index is 6.21. The number of halogens is 1. The van der Waals surface area contributed by atoms with Crippen molar-refractivity contribution in [1.29, 1.82) is 0 Å². The summed E-state index contributed by atoms with van der Waals surface area (Å²) in [6.45, 7) is 4.33. The van der Waals surface area contributed by atoms with Crippen LogP contribution in [0, 0.1) is 5.92 Å². The van der Waals surface area contributed by atoms with Gasteiger partial charge in [-0.3, -0.25) is 0 Å². The molecule has 0 amide bonds. The monoisotopic (exact) mass is 264 g/mol. The van der Waals surface area contributed by atoms with E-state index in [2.05, 4.69) is 19.0 Å². The molecule has 1 heterocycles. The first kappa shape index (κ1) is 13.0. The van der Waals surface area contributed by atoms with E-state index in [1.807, 2.05) is 24.3 Å². The number of anilines is 1. The molecule has 0 radical (unpaired) electrons. The van der Waals surface area contributed by atoms with Gasteiger partial charge in [-0.15, -0.1) is 0 Å². The van der Waals surface area contributed by atoms with Gasteiger partial charge in [-0.05, 0) is 12.0 Å². The molecule has 1 unspecified atom stereocenters. The molecule has 96 valence electrons. The highest BCUT2D eigenvalue weighted by Crippen LogP contribution is 2.35. The third kappa shape index (κ3) is 2.51. The van der Waals surface area contributed by atoms with Crippen LogP contribution in [0.2, 0.25) is 5.02 Å². The van der Waals surface area contributed by atoms with Crippen molar-refractivity contribution in [3.05, 3.63) is 35.0 Å². The van der Waals surface area contributed by atoms with Gasteiger partial charge in [-0.1, -0.05) is 55.2 Å². The fourth-order valence-corrected chi connectivity index (χ4v) is 2.12. The summed E-state index contributed by atoms with van der Waals surface area (Å²) in [4.78, 5) is 0. The molecule has 0 saturated heterocycles. The van der Waals surface area contributed by atoms with Gasteiger partial charge in [0.05, 0.1) is 5.56 Å². The van der Waals surface area contributed by atoms with Gasteiger partial charge < -0.3 is 10.3 Å². The predicted molar refractivity (Wildman–Crippen MR) is 74.5 cm³/mol. The molecule has 1 aromatic heterocycles. The van der Waals surface area contributed by atoms with Crippen molar-refractivity contribution >= 4 is 17.4 Å². The van der Waals surface area contributed by atoms with Gasteiger partial charge in [0.25, 0.3) is 0 Å². The summed E-state index contributed by atoms with van der Waals surface area (Å²) in [6.07, 6.45) is 1.91. The van der Waals surface area contributed by atoms with Crippen LogP contribution in [-0.4, -0.2) is 5.16 Å². The quantitative estimate of drug-likeness (QED) is 0.902. The third-order valence-electron chi connectivity index (χ3n) is 3.16. The van der Waals surface area contributed by atoms with Gasteiger partial charge in [-0.25, -0.2) is 0 Å². The lowest BCUT2D eigenvalue weighted by atomic mass is 9.98. The molecular weight excluding hydrogens is 248 g/mol. The summed E-state index contributed by atoms with van der Waals surface area (Å²) in [5.41, 5.74) is 7.62. The maximum atomic E-state index is 6.21. The number of aromatic nitrogens is 1. The Morgan fingerprint density at radius 2 is 2.11 bits per heavy atom. The third-order valence-corrected chi connectivity index (χ3v) is 3.49. The van der Waals surface area contributed by atoms with E-state index in [1.54, 1.807) is 0 Å². The first-order chi connectivity index (χ1) is 8.63. The van der Waals surface area contributed by atoms with Crippen molar-refractivity contribution in [2.45, 2.75) is 26.7 Å².